The van der Waals surface area contributed by atoms with E-state index in [0.717, 1.165) is 41.8 Å². The number of nitrogens with one attached hydrogen (secondary N) is 1. The standard InChI is InChI=1S/C18H23ClN6O/c1-3-4-7-21-17-16-14(23-18(20)24-17)10-22-25(16)11-13-6-5-12(9-19)8-15(13)26-2/h5-6,8,10H,3-4,7,9,11H2,1-2H3,(H3,20,21,23,24). The number of anilines is 2. The van der Waals surface area contributed by atoms with Gasteiger partial charge in [-0.1, -0.05) is 25.5 Å². The lowest BCUT2D eigenvalue weighted by Crippen LogP contribution is -2.10. The van der Waals surface area contributed by atoms with Crippen LogP contribution in [0.15, 0.2) is 24.4 Å². The van der Waals surface area contributed by atoms with Crippen LogP contribution < -0.4 is 15.8 Å². The van der Waals surface area contributed by atoms with Crippen molar-refractivity contribution in [3.05, 3.63) is 35.5 Å². The summed E-state index contributed by atoms with van der Waals surface area (Å²) >= 11 is 5.92. The predicted molar refractivity (Wildman–Crippen MR) is 105 cm³/mol. The third-order valence-electron chi connectivity index (χ3n) is 4.15. The zero-order valence-corrected chi connectivity index (χ0v) is 15.8. The van der Waals surface area contributed by atoms with Gasteiger partial charge in [-0.15, -0.1) is 11.6 Å². The molecule has 8 heteroatoms. The van der Waals surface area contributed by atoms with Crippen molar-refractivity contribution in [2.24, 2.45) is 0 Å². The Morgan fingerprint density at radius 1 is 1.31 bits per heavy atom. The van der Waals surface area contributed by atoms with Gasteiger partial charge in [-0.25, -0.2) is 4.98 Å². The molecule has 0 saturated heterocycles. The van der Waals surface area contributed by atoms with Crippen molar-refractivity contribution in [1.29, 1.82) is 0 Å². The number of fused-ring (bicyclic) bond motifs is 1. The van der Waals surface area contributed by atoms with Crippen molar-refractivity contribution in [3.63, 3.8) is 0 Å². The van der Waals surface area contributed by atoms with Crippen molar-refractivity contribution in [1.82, 2.24) is 19.7 Å². The van der Waals surface area contributed by atoms with Gasteiger partial charge in [0.25, 0.3) is 0 Å². The van der Waals surface area contributed by atoms with Crippen LogP contribution in [0, 0.1) is 0 Å². The number of nitrogen functional groups attached to an aromatic ring is 1. The first-order chi connectivity index (χ1) is 12.7. The van der Waals surface area contributed by atoms with Crippen molar-refractivity contribution >= 4 is 34.4 Å². The summed E-state index contributed by atoms with van der Waals surface area (Å²) in [5, 5.41) is 7.82. The number of halogens is 1. The van der Waals surface area contributed by atoms with Crippen molar-refractivity contribution in [2.45, 2.75) is 32.2 Å². The number of hydrogen-bond donors (Lipinski definition) is 2. The monoisotopic (exact) mass is 374 g/mol. The van der Waals surface area contributed by atoms with Crippen LogP contribution in [0.4, 0.5) is 11.8 Å². The zero-order chi connectivity index (χ0) is 18.5. The molecule has 0 aliphatic rings. The van der Waals surface area contributed by atoms with Crippen LogP contribution in [-0.2, 0) is 12.4 Å². The first-order valence-electron chi connectivity index (χ1n) is 8.61. The molecule has 26 heavy (non-hydrogen) atoms. The molecule has 0 amide bonds. The van der Waals surface area contributed by atoms with Gasteiger partial charge in [-0.05, 0) is 18.1 Å². The van der Waals surface area contributed by atoms with Crippen LogP contribution in [0.25, 0.3) is 11.0 Å². The van der Waals surface area contributed by atoms with Gasteiger partial charge in [0.1, 0.15) is 16.8 Å². The second-order valence-electron chi connectivity index (χ2n) is 6.03. The number of methoxy groups -OCH3 is 1. The first-order valence-corrected chi connectivity index (χ1v) is 9.14. The SMILES string of the molecule is CCCCNc1nc(N)nc2cnn(Cc3ccc(CCl)cc3OC)c12. The number of aromatic nitrogens is 4. The number of benzene rings is 1. The summed E-state index contributed by atoms with van der Waals surface area (Å²) < 4.78 is 7.37. The smallest absolute Gasteiger partial charge is 0.222 e. The number of ether oxygens (including phenoxy) is 1. The summed E-state index contributed by atoms with van der Waals surface area (Å²) in [5.41, 5.74) is 9.40. The minimum atomic E-state index is 0.236. The van der Waals surface area contributed by atoms with Gasteiger partial charge in [-0.2, -0.15) is 10.1 Å². The summed E-state index contributed by atoms with van der Waals surface area (Å²) in [7, 11) is 1.65. The Hall–Kier alpha value is -2.54. The molecule has 7 nitrogen and oxygen atoms in total. The van der Waals surface area contributed by atoms with E-state index >= 15 is 0 Å². The van der Waals surface area contributed by atoms with Crippen LogP contribution in [0.3, 0.4) is 0 Å². The number of unbranched alkanes of at least 4 members (excludes halogenated alkanes) is 1. The fraction of sp³-hybridized carbons (Fsp3) is 0.389. The van der Waals surface area contributed by atoms with E-state index in [1.54, 1.807) is 13.3 Å². The summed E-state index contributed by atoms with van der Waals surface area (Å²) in [6, 6.07) is 5.95. The molecular formula is C18H23ClN6O. The molecule has 0 spiro atoms. The highest BCUT2D eigenvalue weighted by Gasteiger charge is 2.14. The normalized spacial score (nSPS) is 11.0. The molecule has 0 aliphatic carbocycles. The third kappa shape index (κ3) is 3.83. The molecule has 0 unspecified atom stereocenters. The Kier molecular flexibility index (Phi) is 5.78. The van der Waals surface area contributed by atoms with Gasteiger partial charge in [-0.3, -0.25) is 4.68 Å². The lowest BCUT2D eigenvalue weighted by molar-refractivity contribution is 0.407. The van der Waals surface area contributed by atoms with Gasteiger partial charge in [0.2, 0.25) is 5.95 Å². The largest absolute Gasteiger partial charge is 0.496 e. The molecule has 2 aromatic heterocycles. The van der Waals surface area contributed by atoms with E-state index in [1.807, 2.05) is 22.9 Å². The molecule has 0 bridgehead atoms. The maximum atomic E-state index is 5.92. The van der Waals surface area contributed by atoms with E-state index in [4.69, 9.17) is 22.1 Å². The predicted octanol–water partition coefficient (Wildman–Crippen LogP) is 3.42. The lowest BCUT2D eigenvalue weighted by atomic mass is 10.1. The zero-order valence-electron chi connectivity index (χ0n) is 15.0. The lowest BCUT2D eigenvalue weighted by Gasteiger charge is -2.13. The summed E-state index contributed by atoms with van der Waals surface area (Å²) in [6.45, 7) is 3.50. The Bertz CT molecular complexity index is 895. The highest BCUT2D eigenvalue weighted by molar-refractivity contribution is 6.17. The molecular weight excluding hydrogens is 352 g/mol. The van der Waals surface area contributed by atoms with E-state index in [9.17, 15) is 0 Å². The van der Waals surface area contributed by atoms with Gasteiger partial charge in [0.05, 0.1) is 19.9 Å². The van der Waals surface area contributed by atoms with E-state index in [1.165, 1.54) is 0 Å². The Labute approximate surface area is 157 Å². The third-order valence-corrected chi connectivity index (χ3v) is 4.46. The summed E-state index contributed by atoms with van der Waals surface area (Å²) in [6.07, 6.45) is 3.85. The van der Waals surface area contributed by atoms with Crippen LogP contribution in [0.2, 0.25) is 0 Å². The number of rotatable bonds is 8. The second-order valence-corrected chi connectivity index (χ2v) is 6.29. The van der Waals surface area contributed by atoms with E-state index in [2.05, 4.69) is 27.3 Å². The Morgan fingerprint density at radius 3 is 2.88 bits per heavy atom. The van der Waals surface area contributed by atoms with Gasteiger partial charge < -0.3 is 15.8 Å². The second kappa shape index (κ2) is 8.23. The fourth-order valence-electron chi connectivity index (χ4n) is 2.81. The van der Waals surface area contributed by atoms with E-state index in [-0.39, 0.29) is 5.95 Å². The van der Waals surface area contributed by atoms with Gasteiger partial charge >= 0.3 is 0 Å². The fourth-order valence-corrected chi connectivity index (χ4v) is 2.97. The number of hydrogen-bond acceptors (Lipinski definition) is 6. The van der Waals surface area contributed by atoms with E-state index < -0.39 is 0 Å². The molecule has 0 fully saturated rings. The molecule has 3 N–H and O–H groups in total. The average Bonchev–Trinajstić information content (AvgIpc) is 3.04. The number of nitrogens with zero attached hydrogens (tertiary/aromatic N) is 4. The van der Waals surface area contributed by atoms with E-state index in [0.29, 0.717) is 23.8 Å². The maximum Gasteiger partial charge on any atom is 0.222 e. The van der Waals surface area contributed by atoms with Crippen LogP contribution in [-0.4, -0.2) is 33.4 Å². The maximum absolute atomic E-state index is 5.92. The number of nitrogens with two attached hydrogens (primary N) is 1. The summed E-state index contributed by atoms with van der Waals surface area (Å²) in [4.78, 5) is 8.66. The van der Waals surface area contributed by atoms with Crippen LogP contribution >= 0.6 is 11.6 Å². The number of alkyl halides is 1. The molecule has 0 atom stereocenters. The van der Waals surface area contributed by atoms with Crippen molar-refractivity contribution < 1.29 is 4.74 Å². The molecule has 2 heterocycles. The summed E-state index contributed by atoms with van der Waals surface area (Å²) in [5.74, 6) is 2.17. The highest BCUT2D eigenvalue weighted by Crippen LogP contribution is 2.26. The van der Waals surface area contributed by atoms with Crippen molar-refractivity contribution in [3.8, 4) is 5.75 Å². The molecule has 0 saturated carbocycles. The molecule has 3 aromatic rings. The van der Waals surface area contributed by atoms with Crippen molar-refractivity contribution in [2.75, 3.05) is 24.7 Å². The van der Waals surface area contributed by atoms with Crippen LogP contribution in [0.5, 0.6) is 5.75 Å². The molecule has 138 valence electrons. The average molecular weight is 375 g/mol. The minimum absolute atomic E-state index is 0.236. The highest BCUT2D eigenvalue weighted by atomic mass is 35.5. The Morgan fingerprint density at radius 2 is 2.15 bits per heavy atom. The molecule has 0 aliphatic heterocycles. The van der Waals surface area contributed by atoms with Gasteiger partial charge in [0, 0.05) is 18.0 Å². The quantitative estimate of drug-likeness (QED) is 0.463. The first kappa shape index (κ1) is 18.3. The minimum Gasteiger partial charge on any atom is -0.496 e. The molecule has 3 rings (SSSR count). The molecule has 0 radical (unpaired) electrons. The van der Waals surface area contributed by atoms with Crippen LogP contribution in [0.1, 0.15) is 30.9 Å². The van der Waals surface area contributed by atoms with Gasteiger partial charge in [0.15, 0.2) is 5.82 Å². The Balaban J connectivity index is 1.98. The topological polar surface area (TPSA) is 90.9 Å². The molecule has 1 aromatic carbocycles.